The lowest BCUT2D eigenvalue weighted by Crippen LogP contribution is -2.50. The fourth-order valence-electron chi connectivity index (χ4n) is 3.55. The highest BCUT2D eigenvalue weighted by Gasteiger charge is 2.40. The molecule has 0 bridgehead atoms. The highest BCUT2D eigenvalue weighted by atomic mass is 79.9. The molecule has 1 saturated heterocycles. The van der Waals surface area contributed by atoms with Gasteiger partial charge in [-0.3, -0.25) is 0 Å². The second kappa shape index (κ2) is 9.00. The summed E-state index contributed by atoms with van der Waals surface area (Å²) in [5, 5.41) is 0.160. The van der Waals surface area contributed by atoms with Crippen molar-refractivity contribution in [2.45, 2.75) is 77.4 Å². The van der Waals surface area contributed by atoms with Crippen LogP contribution in [0, 0.1) is 0 Å². The molecule has 30 heavy (non-hydrogen) atoms. The van der Waals surface area contributed by atoms with Crippen LogP contribution in [0.2, 0.25) is 18.1 Å². The van der Waals surface area contributed by atoms with Crippen molar-refractivity contribution in [2.75, 3.05) is 13.1 Å². The molecule has 8 heteroatoms. The first kappa shape index (κ1) is 23.3. The third-order valence-electron chi connectivity index (χ3n) is 6.26. The Kier molecular flexibility index (Phi) is 6.99. The Labute approximate surface area is 189 Å². The van der Waals surface area contributed by atoms with Crippen molar-refractivity contribution < 1.29 is 14.0 Å². The fourth-order valence-corrected chi connectivity index (χ4v) is 5.39. The lowest BCUT2D eigenvalue weighted by atomic mass is 10.1. The number of amides is 1. The maximum atomic E-state index is 12.8. The zero-order valence-electron chi connectivity index (χ0n) is 18.9. The first-order valence-electron chi connectivity index (χ1n) is 10.7. The molecule has 3 rings (SSSR count). The molecule has 0 N–H and O–H groups in total. The zero-order chi connectivity index (χ0) is 22.1. The number of para-hydroxylation sites is 1. The van der Waals surface area contributed by atoms with E-state index in [-0.39, 0.29) is 23.3 Å². The summed E-state index contributed by atoms with van der Waals surface area (Å²) in [4.78, 5) is 19.1. The topological polar surface area (TPSA) is 56.6 Å². The lowest BCUT2D eigenvalue weighted by Gasteiger charge is -2.42. The quantitative estimate of drug-likeness (QED) is 0.491. The van der Waals surface area contributed by atoms with Crippen LogP contribution in [0.1, 0.15) is 40.5 Å². The van der Waals surface area contributed by atoms with Crippen molar-refractivity contribution in [3.63, 3.8) is 0 Å². The number of ether oxygens (including phenoxy) is 1. The van der Waals surface area contributed by atoms with Crippen LogP contribution in [-0.4, -0.2) is 54.2 Å². The normalized spacial score (nSPS) is 19.2. The SMILES string of the molecule is C[C@H](Cn1cnc2c(Br)cccc21)OC(=O)N1CCCC(O[Si](C)(C)C(C)(C)C)C1. The molecule has 1 aromatic carbocycles. The van der Waals surface area contributed by atoms with E-state index < -0.39 is 8.32 Å². The molecule has 1 unspecified atom stereocenters. The van der Waals surface area contributed by atoms with Crippen LogP contribution in [0.15, 0.2) is 29.0 Å². The predicted molar refractivity (Wildman–Crippen MR) is 126 cm³/mol. The van der Waals surface area contributed by atoms with Gasteiger partial charge in [0.25, 0.3) is 0 Å². The summed E-state index contributed by atoms with van der Waals surface area (Å²) in [6.45, 7) is 15.1. The number of aromatic nitrogens is 2. The van der Waals surface area contributed by atoms with Gasteiger partial charge in [-0.05, 0) is 66.0 Å². The molecule has 6 nitrogen and oxygen atoms in total. The number of benzene rings is 1. The van der Waals surface area contributed by atoms with E-state index in [9.17, 15) is 4.79 Å². The Morgan fingerprint density at radius 3 is 2.80 bits per heavy atom. The number of rotatable bonds is 5. The van der Waals surface area contributed by atoms with Gasteiger partial charge in [0.15, 0.2) is 8.32 Å². The van der Waals surface area contributed by atoms with Gasteiger partial charge < -0.3 is 18.6 Å². The summed E-state index contributed by atoms with van der Waals surface area (Å²) in [6, 6.07) is 5.98. The van der Waals surface area contributed by atoms with Crippen LogP contribution in [0.5, 0.6) is 0 Å². The molecule has 2 aromatic rings. The monoisotopic (exact) mass is 495 g/mol. The van der Waals surface area contributed by atoms with Gasteiger partial charge >= 0.3 is 6.09 Å². The predicted octanol–water partition coefficient (Wildman–Crippen LogP) is 5.81. The Bertz CT molecular complexity index is 893. The van der Waals surface area contributed by atoms with E-state index in [1.807, 2.05) is 29.7 Å². The number of carbonyl (C=O) groups is 1. The minimum atomic E-state index is -1.86. The van der Waals surface area contributed by atoms with Gasteiger partial charge in [-0.1, -0.05) is 26.8 Å². The van der Waals surface area contributed by atoms with Crippen LogP contribution in [0.3, 0.4) is 0 Å². The van der Waals surface area contributed by atoms with E-state index in [2.05, 4.69) is 54.8 Å². The second-order valence-electron chi connectivity index (χ2n) is 9.79. The maximum absolute atomic E-state index is 12.8. The van der Waals surface area contributed by atoms with Crippen LogP contribution in [0.4, 0.5) is 4.79 Å². The van der Waals surface area contributed by atoms with Crippen molar-refractivity contribution >= 4 is 41.4 Å². The molecule has 1 aliphatic heterocycles. The van der Waals surface area contributed by atoms with Crippen molar-refractivity contribution in [3.8, 4) is 0 Å². The lowest BCUT2D eigenvalue weighted by molar-refractivity contribution is 0.0325. The van der Waals surface area contributed by atoms with Gasteiger partial charge in [0, 0.05) is 17.6 Å². The number of hydrogen-bond acceptors (Lipinski definition) is 4. The van der Waals surface area contributed by atoms with Crippen LogP contribution in [-0.2, 0) is 15.7 Å². The van der Waals surface area contributed by atoms with E-state index in [0.717, 1.165) is 34.9 Å². The molecule has 166 valence electrons. The molecule has 1 amide bonds. The van der Waals surface area contributed by atoms with E-state index in [1.54, 1.807) is 11.2 Å². The third-order valence-corrected chi connectivity index (χ3v) is 11.4. The maximum Gasteiger partial charge on any atom is 0.410 e. The standard InChI is InChI=1S/C22H34BrN3O3Si/c1-16(13-26-15-24-20-18(23)10-7-11-19(20)26)28-21(27)25-12-8-9-17(14-25)29-30(5,6)22(2,3)4/h7,10-11,15-17H,8-9,12-14H2,1-6H3/t16-,17?/m1/s1. The van der Waals surface area contributed by atoms with Gasteiger partial charge in [-0.25, -0.2) is 9.78 Å². The molecule has 0 saturated carbocycles. The molecular formula is C22H34BrN3O3Si. The van der Waals surface area contributed by atoms with Crippen molar-refractivity contribution in [1.82, 2.24) is 14.5 Å². The molecule has 2 atom stereocenters. The number of halogens is 1. The Balaban J connectivity index is 1.57. The number of fused-ring (bicyclic) bond motifs is 1. The van der Waals surface area contributed by atoms with E-state index in [1.165, 1.54) is 0 Å². The minimum absolute atomic E-state index is 0.0949. The largest absolute Gasteiger partial charge is 0.444 e. The molecular weight excluding hydrogens is 462 g/mol. The molecule has 1 aromatic heterocycles. The van der Waals surface area contributed by atoms with E-state index >= 15 is 0 Å². The van der Waals surface area contributed by atoms with Crippen molar-refractivity contribution in [3.05, 3.63) is 29.0 Å². The van der Waals surface area contributed by atoms with E-state index in [4.69, 9.17) is 9.16 Å². The number of carbonyl (C=O) groups excluding carboxylic acids is 1. The van der Waals surface area contributed by atoms with E-state index in [0.29, 0.717) is 13.1 Å². The molecule has 0 radical (unpaired) electrons. The minimum Gasteiger partial charge on any atom is -0.444 e. The smallest absolute Gasteiger partial charge is 0.410 e. The number of nitrogens with zero attached hydrogens (tertiary/aromatic N) is 3. The fraction of sp³-hybridized carbons (Fsp3) is 0.636. The van der Waals surface area contributed by atoms with Gasteiger partial charge in [0.05, 0.1) is 24.5 Å². The summed E-state index contributed by atoms with van der Waals surface area (Å²) in [7, 11) is -1.86. The summed E-state index contributed by atoms with van der Waals surface area (Å²) in [5.41, 5.74) is 1.94. The first-order valence-corrected chi connectivity index (χ1v) is 14.4. The Morgan fingerprint density at radius 2 is 2.10 bits per heavy atom. The molecule has 0 spiro atoms. The second-order valence-corrected chi connectivity index (χ2v) is 15.4. The van der Waals surface area contributed by atoms with Crippen LogP contribution < -0.4 is 0 Å². The Hall–Kier alpha value is -1.38. The summed E-state index contributed by atoms with van der Waals surface area (Å²) in [6.07, 6.45) is 3.33. The number of hydrogen-bond donors (Lipinski definition) is 0. The average Bonchev–Trinajstić information content (AvgIpc) is 3.05. The summed E-state index contributed by atoms with van der Waals surface area (Å²) >= 11 is 3.53. The van der Waals surface area contributed by atoms with Crippen molar-refractivity contribution in [1.29, 1.82) is 0 Å². The van der Waals surface area contributed by atoms with Gasteiger partial charge in [0.2, 0.25) is 0 Å². The number of likely N-dealkylation sites (tertiary alicyclic amines) is 1. The molecule has 1 fully saturated rings. The van der Waals surface area contributed by atoms with Gasteiger partial charge in [-0.2, -0.15) is 0 Å². The highest BCUT2D eigenvalue weighted by molar-refractivity contribution is 9.10. The van der Waals surface area contributed by atoms with Gasteiger partial charge in [-0.15, -0.1) is 0 Å². The third kappa shape index (κ3) is 5.26. The molecule has 2 heterocycles. The highest BCUT2D eigenvalue weighted by Crippen LogP contribution is 2.38. The van der Waals surface area contributed by atoms with Crippen LogP contribution >= 0.6 is 15.9 Å². The summed E-state index contributed by atoms with van der Waals surface area (Å²) in [5.74, 6) is 0. The number of imidazole rings is 1. The number of piperidine rings is 1. The zero-order valence-corrected chi connectivity index (χ0v) is 21.5. The first-order chi connectivity index (χ1) is 14.0. The summed E-state index contributed by atoms with van der Waals surface area (Å²) < 4.78 is 15.3. The van der Waals surface area contributed by atoms with Crippen molar-refractivity contribution in [2.24, 2.45) is 0 Å². The van der Waals surface area contributed by atoms with Crippen LogP contribution in [0.25, 0.3) is 11.0 Å². The molecule has 0 aliphatic carbocycles. The Morgan fingerprint density at radius 1 is 1.37 bits per heavy atom. The van der Waals surface area contributed by atoms with Gasteiger partial charge in [0.1, 0.15) is 11.6 Å². The molecule has 1 aliphatic rings. The average molecular weight is 497 g/mol.